The number of benzene rings is 1. The molecule has 28 heavy (non-hydrogen) atoms. The number of fused-ring (bicyclic) bond motifs is 1. The number of hydrogen-bond acceptors (Lipinski definition) is 4. The van der Waals surface area contributed by atoms with Gasteiger partial charge in [0.25, 0.3) is 5.56 Å². The van der Waals surface area contributed by atoms with Gasteiger partial charge in [-0.1, -0.05) is 12.1 Å². The normalized spacial score (nSPS) is 19.3. The molecule has 150 valence electrons. The lowest BCUT2D eigenvalue weighted by Crippen LogP contribution is -2.38. The Kier molecular flexibility index (Phi) is 6.61. The molecule has 3 rings (SSSR count). The molecular formula is C20H26N4O3S. The molecule has 0 unspecified atom stereocenters. The SMILES string of the molecule is CC(=O)NCCNC(=O)C1CCC(Cn2c(=S)[nH]c3ccccc3c2=O)CC1. The van der Waals surface area contributed by atoms with E-state index in [2.05, 4.69) is 15.6 Å². The van der Waals surface area contributed by atoms with Gasteiger partial charge in [0.1, 0.15) is 0 Å². The smallest absolute Gasteiger partial charge is 0.262 e. The van der Waals surface area contributed by atoms with Crippen molar-refractivity contribution in [3.05, 3.63) is 39.4 Å². The Morgan fingerprint density at radius 3 is 2.54 bits per heavy atom. The van der Waals surface area contributed by atoms with Gasteiger partial charge in [-0.25, -0.2) is 0 Å². The van der Waals surface area contributed by atoms with Gasteiger partial charge >= 0.3 is 0 Å². The maximum Gasteiger partial charge on any atom is 0.262 e. The molecule has 1 aromatic carbocycles. The van der Waals surface area contributed by atoms with E-state index in [1.165, 1.54) is 6.92 Å². The van der Waals surface area contributed by atoms with Crippen LogP contribution < -0.4 is 16.2 Å². The standard InChI is InChI=1S/C20H26N4O3S/c1-13(25)21-10-11-22-18(26)15-8-6-14(7-9-15)12-24-19(27)16-4-2-3-5-17(16)23-20(24)28/h2-5,14-15H,6-12H2,1H3,(H,21,25)(H,22,26)(H,23,28). The number of rotatable bonds is 6. The van der Waals surface area contributed by atoms with Crippen molar-refractivity contribution in [3.8, 4) is 0 Å². The Bertz CT molecular complexity index is 973. The van der Waals surface area contributed by atoms with E-state index >= 15 is 0 Å². The third-order valence-electron chi connectivity index (χ3n) is 5.35. The molecule has 1 aromatic heterocycles. The van der Waals surface area contributed by atoms with Crippen LogP contribution in [0.25, 0.3) is 10.9 Å². The second kappa shape index (κ2) is 9.14. The molecule has 0 spiro atoms. The van der Waals surface area contributed by atoms with E-state index in [4.69, 9.17) is 12.2 Å². The zero-order valence-electron chi connectivity index (χ0n) is 16.0. The lowest BCUT2D eigenvalue weighted by molar-refractivity contribution is -0.126. The number of H-pyrrole nitrogens is 1. The topological polar surface area (TPSA) is 96.0 Å². The molecule has 2 aromatic rings. The highest BCUT2D eigenvalue weighted by molar-refractivity contribution is 7.71. The molecule has 1 fully saturated rings. The average Bonchev–Trinajstić information content (AvgIpc) is 2.68. The molecule has 0 radical (unpaired) electrons. The quantitative estimate of drug-likeness (QED) is 0.509. The second-order valence-electron chi connectivity index (χ2n) is 7.38. The van der Waals surface area contributed by atoms with E-state index in [0.29, 0.717) is 35.7 Å². The van der Waals surface area contributed by atoms with Gasteiger partial charge in [-0.15, -0.1) is 0 Å². The summed E-state index contributed by atoms with van der Waals surface area (Å²) in [5.41, 5.74) is 0.700. The lowest BCUT2D eigenvalue weighted by Gasteiger charge is -2.28. The summed E-state index contributed by atoms with van der Waals surface area (Å²) in [4.78, 5) is 39.0. The van der Waals surface area contributed by atoms with Gasteiger partial charge in [0.2, 0.25) is 11.8 Å². The fourth-order valence-electron chi connectivity index (χ4n) is 3.80. The fourth-order valence-corrected chi connectivity index (χ4v) is 4.07. The van der Waals surface area contributed by atoms with Gasteiger partial charge in [-0.2, -0.15) is 0 Å². The van der Waals surface area contributed by atoms with Gasteiger partial charge in [0.05, 0.1) is 10.9 Å². The van der Waals surface area contributed by atoms with Crippen LogP contribution in [0.1, 0.15) is 32.6 Å². The summed E-state index contributed by atoms with van der Waals surface area (Å²) in [5, 5.41) is 6.18. The molecule has 0 atom stereocenters. The molecule has 7 nitrogen and oxygen atoms in total. The van der Waals surface area contributed by atoms with Gasteiger partial charge in [0.15, 0.2) is 4.77 Å². The van der Waals surface area contributed by atoms with Crippen LogP contribution in [0, 0.1) is 16.6 Å². The summed E-state index contributed by atoms with van der Waals surface area (Å²) in [5.74, 6) is 0.273. The Hall–Kier alpha value is -2.48. The molecule has 2 amide bonds. The maximum absolute atomic E-state index is 12.8. The van der Waals surface area contributed by atoms with Crippen molar-refractivity contribution < 1.29 is 9.59 Å². The second-order valence-corrected chi connectivity index (χ2v) is 7.77. The highest BCUT2D eigenvalue weighted by atomic mass is 32.1. The van der Waals surface area contributed by atoms with Crippen molar-refractivity contribution in [3.63, 3.8) is 0 Å². The van der Waals surface area contributed by atoms with Gasteiger partial charge < -0.3 is 15.6 Å². The van der Waals surface area contributed by atoms with Crippen LogP contribution in [0.2, 0.25) is 0 Å². The number of aromatic nitrogens is 2. The summed E-state index contributed by atoms with van der Waals surface area (Å²) < 4.78 is 2.09. The summed E-state index contributed by atoms with van der Waals surface area (Å²) in [6.45, 7) is 2.92. The first-order chi connectivity index (χ1) is 13.5. The Morgan fingerprint density at radius 2 is 1.82 bits per heavy atom. The highest BCUT2D eigenvalue weighted by Gasteiger charge is 2.26. The Balaban J connectivity index is 1.55. The van der Waals surface area contributed by atoms with Crippen LogP contribution in [0.5, 0.6) is 0 Å². The predicted octanol–water partition coefficient (Wildman–Crippen LogP) is 2.12. The maximum atomic E-state index is 12.8. The van der Waals surface area contributed by atoms with Crippen molar-refractivity contribution in [1.82, 2.24) is 20.2 Å². The highest BCUT2D eigenvalue weighted by Crippen LogP contribution is 2.29. The first-order valence-electron chi connectivity index (χ1n) is 9.69. The van der Waals surface area contributed by atoms with Crippen LogP contribution in [0.4, 0.5) is 0 Å². The largest absolute Gasteiger partial charge is 0.355 e. The minimum Gasteiger partial charge on any atom is -0.355 e. The van der Waals surface area contributed by atoms with E-state index in [-0.39, 0.29) is 23.3 Å². The van der Waals surface area contributed by atoms with Crippen molar-refractivity contribution in [1.29, 1.82) is 0 Å². The fraction of sp³-hybridized carbons (Fsp3) is 0.500. The molecule has 3 N–H and O–H groups in total. The third-order valence-corrected chi connectivity index (χ3v) is 5.67. The number of aromatic amines is 1. The minimum absolute atomic E-state index is 0.00330. The zero-order valence-corrected chi connectivity index (χ0v) is 16.8. The summed E-state index contributed by atoms with van der Waals surface area (Å²) >= 11 is 5.39. The van der Waals surface area contributed by atoms with E-state index in [0.717, 1.165) is 31.2 Å². The molecule has 1 aliphatic carbocycles. The van der Waals surface area contributed by atoms with Crippen LogP contribution in [0.3, 0.4) is 0 Å². The zero-order chi connectivity index (χ0) is 20.1. The van der Waals surface area contributed by atoms with Crippen LogP contribution >= 0.6 is 12.2 Å². The van der Waals surface area contributed by atoms with Crippen molar-refractivity contribution in [2.75, 3.05) is 13.1 Å². The molecule has 8 heteroatoms. The number of carbonyl (C=O) groups excluding carboxylic acids is 2. The minimum atomic E-state index is -0.1000. The van der Waals surface area contributed by atoms with E-state index in [9.17, 15) is 14.4 Å². The van der Waals surface area contributed by atoms with Gasteiger partial charge in [-0.3, -0.25) is 19.0 Å². The van der Waals surface area contributed by atoms with Gasteiger partial charge in [-0.05, 0) is 56.0 Å². The lowest BCUT2D eigenvalue weighted by atomic mass is 9.81. The first-order valence-corrected chi connectivity index (χ1v) is 10.1. The van der Waals surface area contributed by atoms with Crippen LogP contribution in [0.15, 0.2) is 29.1 Å². The number of para-hydroxylation sites is 1. The monoisotopic (exact) mass is 402 g/mol. The van der Waals surface area contributed by atoms with Gasteiger partial charge in [0, 0.05) is 32.5 Å². The molecule has 1 aliphatic rings. The summed E-state index contributed by atoms with van der Waals surface area (Å²) in [6, 6.07) is 7.38. The van der Waals surface area contributed by atoms with E-state index < -0.39 is 0 Å². The predicted molar refractivity (Wildman–Crippen MR) is 111 cm³/mol. The number of nitrogens with one attached hydrogen (secondary N) is 3. The number of carbonyl (C=O) groups is 2. The Labute approximate surface area is 168 Å². The average molecular weight is 403 g/mol. The first kappa shape index (κ1) is 20.3. The number of amides is 2. The summed E-state index contributed by atoms with van der Waals surface area (Å²) in [7, 11) is 0. The van der Waals surface area contributed by atoms with Crippen molar-refractivity contribution >= 4 is 34.9 Å². The summed E-state index contributed by atoms with van der Waals surface area (Å²) in [6.07, 6.45) is 3.38. The molecule has 1 saturated carbocycles. The molecule has 1 heterocycles. The number of hydrogen-bond donors (Lipinski definition) is 3. The molecular weight excluding hydrogens is 376 g/mol. The Morgan fingerprint density at radius 1 is 1.14 bits per heavy atom. The van der Waals surface area contributed by atoms with Crippen molar-refractivity contribution in [2.24, 2.45) is 11.8 Å². The van der Waals surface area contributed by atoms with Crippen LogP contribution in [-0.4, -0.2) is 34.5 Å². The van der Waals surface area contributed by atoms with Crippen molar-refractivity contribution in [2.45, 2.75) is 39.2 Å². The molecule has 0 saturated heterocycles. The molecule has 0 aliphatic heterocycles. The van der Waals surface area contributed by atoms with Crippen LogP contribution in [-0.2, 0) is 16.1 Å². The third kappa shape index (κ3) is 4.86. The van der Waals surface area contributed by atoms with E-state index in [1.54, 1.807) is 4.57 Å². The van der Waals surface area contributed by atoms with E-state index in [1.807, 2.05) is 24.3 Å². The molecule has 0 bridgehead atoms. The number of nitrogens with zero attached hydrogens (tertiary/aromatic N) is 1.